The second-order valence-corrected chi connectivity index (χ2v) is 5.64. The number of pyridine rings is 1. The van der Waals surface area contributed by atoms with Crippen molar-refractivity contribution in [2.45, 2.75) is 31.7 Å². The van der Waals surface area contributed by atoms with E-state index in [0.717, 1.165) is 32.2 Å². The van der Waals surface area contributed by atoms with E-state index < -0.39 is 5.97 Å². The topological polar surface area (TPSA) is 56.7 Å². The average Bonchev–Trinajstić information content (AvgIpc) is 3.02. The first-order valence-corrected chi connectivity index (χ1v) is 7.43. The number of piperazine rings is 1. The van der Waals surface area contributed by atoms with Gasteiger partial charge in [0.2, 0.25) is 0 Å². The highest BCUT2D eigenvalue weighted by atomic mass is 16.4. The summed E-state index contributed by atoms with van der Waals surface area (Å²) in [6, 6.07) is 4.07. The molecule has 0 spiro atoms. The molecule has 2 heterocycles. The number of carboxylic acids is 1. The number of nitrogens with zero attached hydrogens (tertiary/aromatic N) is 3. The number of hydrogen-bond acceptors (Lipinski definition) is 4. The first kappa shape index (κ1) is 13.4. The number of aromatic nitrogens is 1. The molecule has 1 aliphatic carbocycles. The van der Waals surface area contributed by atoms with E-state index in [1.54, 1.807) is 18.3 Å². The highest BCUT2D eigenvalue weighted by molar-refractivity contribution is 5.93. The van der Waals surface area contributed by atoms with Crippen molar-refractivity contribution in [2.75, 3.05) is 31.1 Å². The van der Waals surface area contributed by atoms with E-state index in [0.29, 0.717) is 11.4 Å². The van der Waals surface area contributed by atoms with Crippen LogP contribution in [0.1, 0.15) is 36.0 Å². The van der Waals surface area contributed by atoms with Crippen LogP contribution in [0, 0.1) is 0 Å². The zero-order valence-electron chi connectivity index (χ0n) is 11.7. The van der Waals surface area contributed by atoms with Gasteiger partial charge in [-0.15, -0.1) is 0 Å². The molecule has 1 aliphatic heterocycles. The molecule has 3 rings (SSSR count). The molecule has 0 bridgehead atoms. The molecular formula is C15H21N3O2. The van der Waals surface area contributed by atoms with Crippen molar-refractivity contribution in [3.05, 3.63) is 23.9 Å². The number of carbonyl (C=O) groups is 1. The summed E-state index contributed by atoms with van der Waals surface area (Å²) < 4.78 is 0. The van der Waals surface area contributed by atoms with Crippen molar-refractivity contribution in [2.24, 2.45) is 0 Å². The molecule has 5 heteroatoms. The smallest absolute Gasteiger partial charge is 0.339 e. The van der Waals surface area contributed by atoms with Crippen molar-refractivity contribution in [1.29, 1.82) is 0 Å². The fourth-order valence-corrected chi connectivity index (χ4v) is 3.38. The zero-order valence-corrected chi connectivity index (χ0v) is 11.7. The minimum atomic E-state index is -0.897. The monoisotopic (exact) mass is 275 g/mol. The standard InChI is InChI=1S/C15H21N3O2/c19-15(20)13-6-3-7-16-14(13)18-10-8-17(9-11-18)12-4-1-2-5-12/h3,6-7,12H,1-2,4-5,8-11H2,(H,19,20). The highest BCUT2D eigenvalue weighted by Crippen LogP contribution is 2.26. The van der Waals surface area contributed by atoms with E-state index in [9.17, 15) is 9.90 Å². The van der Waals surface area contributed by atoms with Gasteiger partial charge in [-0.05, 0) is 25.0 Å². The second-order valence-electron chi connectivity index (χ2n) is 5.64. The Kier molecular flexibility index (Phi) is 3.87. The molecule has 108 valence electrons. The van der Waals surface area contributed by atoms with Crippen molar-refractivity contribution in [1.82, 2.24) is 9.88 Å². The predicted octanol–water partition coefficient (Wildman–Crippen LogP) is 1.84. The van der Waals surface area contributed by atoms with Crippen LogP contribution in [0.2, 0.25) is 0 Å². The van der Waals surface area contributed by atoms with Gasteiger partial charge >= 0.3 is 5.97 Å². The molecule has 20 heavy (non-hydrogen) atoms. The quantitative estimate of drug-likeness (QED) is 0.912. The first-order chi connectivity index (χ1) is 9.75. The Labute approximate surface area is 119 Å². The molecule has 0 atom stereocenters. The summed E-state index contributed by atoms with van der Waals surface area (Å²) in [6.45, 7) is 3.77. The largest absolute Gasteiger partial charge is 0.478 e. The van der Waals surface area contributed by atoms with E-state index in [1.165, 1.54) is 25.7 Å². The Balaban J connectivity index is 1.67. The van der Waals surface area contributed by atoms with Crippen LogP contribution >= 0.6 is 0 Å². The normalized spacial score (nSPS) is 21.3. The minimum Gasteiger partial charge on any atom is -0.478 e. The molecule has 0 unspecified atom stereocenters. The average molecular weight is 275 g/mol. The van der Waals surface area contributed by atoms with E-state index in [1.807, 2.05) is 0 Å². The lowest BCUT2D eigenvalue weighted by atomic mass is 10.1. The molecule has 1 aromatic rings. The maximum absolute atomic E-state index is 11.3. The van der Waals surface area contributed by atoms with Crippen molar-refractivity contribution >= 4 is 11.8 Å². The summed E-state index contributed by atoms with van der Waals surface area (Å²) in [6.07, 6.45) is 7.03. The Hall–Kier alpha value is -1.62. The van der Waals surface area contributed by atoms with Crippen LogP contribution in [0.25, 0.3) is 0 Å². The van der Waals surface area contributed by atoms with Gasteiger partial charge in [-0.1, -0.05) is 12.8 Å². The second kappa shape index (κ2) is 5.79. The number of carboxylic acid groups (broad SMARTS) is 1. The molecule has 1 aromatic heterocycles. The van der Waals surface area contributed by atoms with E-state index in [4.69, 9.17) is 0 Å². The van der Waals surface area contributed by atoms with Gasteiger partial charge in [0.25, 0.3) is 0 Å². The van der Waals surface area contributed by atoms with Crippen LogP contribution in [-0.4, -0.2) is 53.2 Å². The Morgan fingerprint density at radius 2 is 1.90 bits per heavy atom. The van der Waals surface area contributed by atoms with Crippen molar-refractivity contribution in [3.63, 3.8) is 0 Å². The third-order valence-corrected chi connectivity index (χ3v) is 4.47. The third-order valence-electron chi connectivity index (χ3n) is 4.47. The van der Waals surface area contributed by atoms with Gasteiger partial charge in [0.05, 0.1) is 0 Å². The number of rotatable bonds is 3. The molecule has 0 aromatic carbocycles. The van der Waals surface area contributed by atoms with Gasteiger partial charge in [-0.2, -0.15) is 0 Å². The molecule has 1 N–H and O–H groups in total. The van der Waals surface area contributed by atoms with Gasteiger partial charge in [0, 0.05) is 38.4 Å². The maximum atomic E-state index is 11.3. The fourth-order valence-electron chi connectivity index (χ4n) is 3.38. The molecule has 1 saturated carbocycles. The number of aromatic carboxylic acids is 1. The van der Waals surface area contributed by atoms with Crippen LogP contribution in [0.3, 0.4) is 0 Å². The summed E-state index contributed by atoms with van der Waals surface area (Å²) in [5.41, 5.74) is 0.307. The predicted molar refractivity (Wildman–Crippen MR) is 77.2 cm³/mol. The van der Waals surface area contributed by atoms with Crippen LogP contribution in [0.4, 0.5) is 5.82 Å². The van der Waals surface area contributed by atoms with Gasteiger partial charge in [-0.3, -0.25) is 4.90 Å². The number of hydrogen-bond donors (Lipinski definition) is 1. The van der Waals surface area contributed by atoms with Crippen LogP contribution in [-0.2, 0) is 0 Å². The van der Waals surface area contributed by atoms with Crippen LogP contribution < -0.4 is 4.90 Å². The number of anilines is 1. The van der Waals surface area contributed by atoms with Gasteiger partial charge in [0.15, 0.2) is 0 Å². The summed E-state index contributed by atoms with van der Waals surface area (Å²) in [5, 5.41) is 9.24. The van der Waals surface area contributed by atoms with Crippen LogP contribution in [0.5, 0.6) is 0 Å². The molecule has 2 fully saturated rings. The van der Waals surface area contributed by atoms with E-state index >= 15 is 0 Å². The maximum Gasteiger partial charge on any atom is 0.339 e. The molecule has 0 amide bonds. The Bertz CT molecular complexity index is 478. The minimum absolute atomic E-state index is 0.307. The lowest BCUT2D eigenvalue weighted by molar-refractivity contribution is 0.0697. The molecule has 2 aliphatic rings. The summed E-state index contributed by atoms with van der Waals surface area (Å²) >= 11 is 0. The van der Waals surface area contributed by atoms with Gasteiger partial charge in [-0.25, -0.2) is 9.78 Å². The zero-order chi connectivity index (χ0) is 13.9. The SMILES string of the molecule is O=C(O)c1cccnc1N1CCN(C2CCCC2)CC1. The lowest BCUT2D eigenvalue weighted by Gasteiger charge is -2.38. The van der Waals surface area contributed by atoms with Gasteiger partial charge < -0.3 is 10.0 Å². The Morgan fingerprint density at radius 1 is 1.20 bits per heavy atom. The van der Waals surface area contributed by atoms with Crippen LogP contribution in [0.15, 0.2) is 18.3 Å². The van der Waals surface area contributed by atoms with Crippen molar-refractivity contribution in [3.8, 4) is 0 Å². The third kappa shape index (κ3) is 2.63. The Morgan fingerprint density at radius 3 is 2.55 bits per heavy atom. The van der Waals surface area contributed by atoms with E-state index in [2.05, 4.69) is 14.8 Å². The first-order valence-electron chi connectivity index (χ1n) is 7.43. The van der Waals surface area contributed by atoms with Crippen molar-refractivity contribution < 1.29 is 9.90 Å². The molecule has 1 saturated heterocycles. The summed E-state index contributed by atoms with van der Waals surface area (Å²) in [7, 11) is 0. The lowest BCUT2D eigenvalue weighted by Crippen LogP contribution is -2.50. The molecule has 0 radical (unpaired) electrons. The molecule has 5 nitrogen and oxygen atoms in total. The fraction of sp³-hybridized carbons (Fsp3) is 0.600. The van der Waals surface area contributed by atoms with Gasteiger partial charge in [0.1, 0.15) is 11.4 Å². The molecular weight excluding hydrogens is 254 g/mol. The highest BCUT2D eigenvalue weighted by Gasteiger charge is 2.27. The van der Waals surface area contributed by atoms with E-state index in [-0.39, 0.29) is 0 Å². The summed E-state index contributed by atoms with van der Waals surface area (Å²) in [5.74, 6) is -0.280. The summed E-state index contributed by atoms with van der Waals surface area (Å²) in [4.78, 5) is 20.2.